The Hall–Kier alpha value is -2.79. The molecule has 2 aliphatic carbocycles. The molecule has 54 heavy (non-hydrogen) atoms. The lowest BCUT2D eigenvalue weighted by Gasteiger charge is -2.43. The van der Waals surface area contributed by atoms with Crippen LogP contribution in [-0.4, -0.2) is 103 Å². The zero-order valence-electron chi connectivity index (χ0n) is 30.1. The second-order valence-corrected chi connectivity index (χ2v) is 24.6. The van der Waals surface area contributed by atoms with Crippen molar-refractivity contribution in [1.82, 2.24) is 39.0 Å². The molecule has 2 saturated carbocycles. The Labute approximate surface area is 314 Å². The van der Waals surface area contributed by atoms with Crippen LogP contribution in [0.2, 0.25) is 18.1 Å². The molecule has 4 aromatic heterocycles. The number of fused-ring (bicyclic) bond motifs is 7. The summed E-state index contributed by atoms with van der Waals surface area (Å²) in [7, 11) is -6.23. The lowest BCUT2D eigenvalue weighted by molar-refractivity contribution is -0.0580. The average molecular weight is 829 g/mol. The molecule has 4 fully saturated rings. The first kappa shape index (κ1) is 38.1. The molecule has 0 spiro atoms. The summed E-state index contributed by atoms with van der Waals surface area (Å²) < 4.78 is 74.5. The monoisotopic (exact) mass is 828 g/mol. The van der Waals surface area contributed by atoms with Gasteiger partial charge in [-0.25, -0.2) is 29.1 Å². The Kier molecular flexibility index (Phi) is 9.08. The molecule has 11 atom stereocenters. The summed E-state index contributed by atoms with van der Waals surface area (Å²) in [6.45, 7) is 5.36. The fourth-order valence-electron chi connectivity index (χ4n) is 7.77. The summed E-state index contributed by atoms with van der Waals surface area (Å²) >= 11 is 4.42. The third kappa shape index (κ3) is 6.16. The average Bonchev–Trinajstić information content (AvgIpc) is 3.38. The van der Waals surface area contributed by atoms with Gasteiger partial charge in [0, 0.05) is 13.0 Å². The molecule has 21 nitrogen and oxygen atoms in total. The lowest BCUT2D eigenvalue weighted by atomic mass is 10.0. The quantitative estimate of drug-likeness (QED) is 0.110. The number of imidazole rings is 2. The van der Waals surface area contributed by atoms with Crippen molar-refractivity contribution in [3.63, 3.8) is 0 Å². The molecule has 2 aliphatic heterocycles. The van der Waals surface area contributed by atoms with Crippen molar-refractivity contribution >= 4 is 69.3 Å². The standard InChI is InChI=1S/C29H42N10O11P2SSi/c1-28(2,3)54(5,6)50-21-18-13(14-7-29(14,21)39-12-35-16-22(30)32-10-33-23(16)39)8-45-51(41,42)48-20-19(44-4)15(9-46-52(43,53)49-18)47-26(20)38-11-34-17-24(38)36-27(31)37-25(17)40/h10-15,18-21,26H,7-9H2,1-6H3,(H,41,42)(H,43,53)(H2,30,32,33)(H3,31,36,37,40)/t13-,14-,15+,18+,19+,20+,21?,26+,29?,52-/m0/s1. The van der Waals surface area contributed by atoms with Gasteiger partial charge in [-0.1, -0.05) is 33.0 Å². The van der Waals surface area contributed by atoms with E-state index in [0.29, 0.717) is 17.6 Å². The summed E-state index contributed by atoms with van der Waals surface area (Å²) in [6, 6.07) is 0. The molecule has 0 radical (unpaired) electrons. The molecule has 6 N–H and O–H groups in total. The second kappa shape index (κ2) is 12.9. The highest BCUT2D eigenvalue weighted by atomic mass is 32.7. The predicted molar refractivity (Wildman–Crippen MR) is 197 cm³/mol. The number of methoxy groups -OCH3 is 1. The number of phosphoric ester groups is 1. The van der Waals surface area contributed by atoms with Gasteiger partial charge in [-0.15, -0.1) is 0 Å². The molecule has 4 aromatic rings. The summed E-state index contributed by atoms with van der Waals surface area (Å²) in [5.74, 6) is -1.00. The van der Waals surface area contributed by atoms with Crippen molar-refractivity contribution in [3.8, 4) is 0 Å². The summed E-state index contributed by atoms with van der Waals surface area (Å²) in [6.07, 6.45) is -1.90. The molecule has 6 heterocycles. The first-order valence-electron chi connectivity index (χ1n) is 17.1. The third-order valence-corrected chi connectivity index (χ3v) is 18.5. The molecule has 8 rings (SSSR count). The van der Waals surface area contributed by atoms with E-state index in [1.54, 1.807) is 6.33 Å². The molecule has 0 amide bonds. The predicted octanol–water partition coefficient (Wildman–Crippen LogP) is 2.73. The van der Waals surface area contributed by atoms with E-state index in [1.807, 2.05) is 4.57 Å². The number of thiol groups is 1. The van der Waals surface area contributed by atoms with Crippen LogP contribution in [0.5, 0.6) is 0 Å². The number of nitrogen functional groups attached to an aromatic ring is 2. The Bertz CT molecular complexity index is 2290. The van der Waals surface area contributed by atoms with Crippen LogP contribution in [0.3, 0.4) is 0 Å². The molecular formula is C29H42N10O11P2SSi. The maximum atomic E-state index is 14.3. The van der Waals surface area contributed by atoms with Crippen molar-refractivity contribution in [1.29, 1.82) is 0 Å². The highest BCUT2D eigenvalue weighted by Gasteiger charge is 2.75. The van der Waals surface area contributed by atoms with Crippen LogP contribution < -0.4 is 17.0 Å². The van der Waals surface area contributed by atoms with Crippen LogP contribution in [0.1, 0.15) is 33.4 Å². The zero-order chi connectivity index (χ0) is 38.7. The third-order valence-electron chi connectivity index (χ3n) is 11.4. The molecule has 3 unspecified atom stereocenters. The fourth-order valence-corrected chi connectivity index (χ4v) is 11.5. The highest BCUT2D eigenvalue weighted by molar-refractivity contribution is 8.44. The second-order valence-electron chi connectivity index (χ2n) is 15.5. The Morgan fingerprint density at radius 1 is 1.06 bits per heavy atom. The number of nitrogens with zero attached hydrogens (tertiary/aromatic N) is 7. The maximum absolute atomic E-state index is 14.3. The van der Waals surface area contributed by atoms with Gasteiger partial charge in [0.25, 0.3) is 5.56 Å². The highest BCUT2D eigenvalue weighted by Crippen LogP contribution is 2.70. The number of rotatable bonds is 5. The van der Waals surface area contributed by atoms with Gasteiger partial charge in [-0.2, -0.15) is 4.98 Å². The largest absolute Gasteiger partial charge is 0.472 e. The fraction of sp³-hybridized carbons (Fsp3) is 0.655. The number of ether oxygens (including phenoxy) is 2. The Morgan fingerprint density at radius 2 is 1.80 bits per heavy atom. The molecule has 2 bridgehead atoms. The van der Waals surface area contributed by atoms with E-state index in [-0.39, 0.29) is 40.5 Å². The molecule has 4 aliphatic rings. The van der Waals surface area contributed by atoms with Gasteiger partial charge in [-0.3, -0.25) is 32.4 Å². The normalized spacial score (nSPS) is 37.4. The number of aromatic nitrogens is 8. The minimum Gasteiger partial charge on any atom is -0.409 e. The van der Waals surface area contributed by atoms with Crippen molar-refractivity contribution in [2.45, 2.75) is 87.6 Å². The van der Waals surface area contributed by atoms with Crippen LogP contribution >= 0.6 is 26.9 Å². The van der Waals surface area contributed by atoms with E-state index in [1.165, 1.54) is 24.3 Å². The summed E-state index contributed by atoms with van der Waals surface area (Å²) in [4.78, 5) is 47.7. The van der Waals surface area contributed by atoms with E-state index >= 15 is 0 Å². The summed E-state index contributed by atoms with van der Waals surface area (Å²) in [5.41, 5.74) is 11.3. The Balaban J connectivity index is 1.19. The lowest BCUT2D eigenvalue weighted by Crippen LogP contribution is -2.52. The number of hydrogen-bond donors (Lipinski definition) is 5. The first-order valence-corrected chi connectivity index (χ1v) is 24.2. The number of anilines is 2. The van der Waals surface area contributed by atoms with Crippen molar-refractivity contribution < 1.29 is 46.0 Å². The smallest absolute Gasteiger partial charge is 0.409 e. The number of aromatic amines is 1. The minimum absolute atomic E-state index is 0.00924. The van der Waals surface area contributed by atoms with Gasteiger partial charge in [0.15, 0.2) is 37.2 Å². The summed E-state index contributed by atoms with van der Waals surface area (Å²) in [5, 5.41) is -0.256. The van der Waals surface area contributed by atoms with Crippen LogP contribution in [0.4, 0.5) is 11.8 Å². The zero-order valence-corrected chi connectivity index (χ0v) is 33.8. The topological polar surface area (TPSA) is 278 Å². The minimum atomic E-state index is -4.95. The van der Waals surface area contributed by atoms with Gasteiger partial charge in [0.05, 0.1) is 37.5 Å². The number of hydrogen-bond acceptors (Lipinski definition) is 17. The number of H-pyrrole nitrogens is 1. The molecule has 2 saturated heterocycles. The van der Waals surface area contributed by atoms with Gasteiger partial charge in [0.1, 0.15) is 36.3 Å². The molecular weight excluding hydrogens is 786 g/mol. The number of nitrogens with one attached hydrogen (secondary N) is 1. The first-order chi connectivity index (χ1) is 25.3. The molecule has 294 valence electrons. The van der Waals surface area contributed by atoms with Crippen LogP contribution in [0, 0.1) is 11.8 Å². The van der Waals surface area contributed by atoms with E-state index < -0.39 is 83.3 Å². The molecule has 0 aromatic carbocycles. The maximum Gasteiger partial charge on any atom is 0.472 e. The van der Waals surface area contributed by atoms with Crippen LogP contribution in [0.15, 0.2) is 23.8 Å². The SMILES string of the molecule is CO[C@H]1[C@H]2OP(=O)(O)OC[C@@H]3[C@@H](O[P@@](=O)(S)OC[C@H]1O[C@H]2n1cnc2c(=O)[nH]c(N)nc21)C(O[Si](C)(C)C(C)(C)C)C1(n2cnc4c(N)ncnc42)C[C@@H]31. The van der Waals surface area contributed by atoms with E-state index in [2.05, 4.69) is 76.0 Å². The Morgan fingerprint density at radius 3 is 2.52 bits per heavy atom. The number of phosphoric acid groups is 1. The van der Waals surface area contributed by atoms with E-state index in [4.69, 9.17) is 43.5 Å². The van der Waals surface area contributed by atoms with Gasteiger partial charge < -0.3 is 34.8 Å². The van der Waals surface area contributed by atoms with Crippen molar-refractivity contribution in [2.75, 3.05) is 31.8 Å². The van der Waals surface area contributed by atoms with Gasteiger partial charge in [0.2, 0.25) is 5.95 Å². The van der Waals surface area contributed by atoms with Crippen molar-refractivity contribution in [3.05, 3.63) is 29.3 Å². The van der Waals surface area contributed by atoms with E-state index in [9.17, 15) is 18.8 Å². The number of nitrogens with two attached hydrogens (primary N) is 2. The molecule has 25 heteroatoms. The van der Waals surface area contributed by atoms with Crippen molar-refractivity contribution in [2.24, 2.45) is 11.8 Å². The van der Waals surface area contributed by atoms with Crippen LogP contribution in [-0.2, 0) is 46.7 Å². The van der Waals surface area contributed by atoms with Crippen LogP contribution in [0.25, 0.3) is 22.3 Å². The van der Waals surface area contributed by atoms with Gasteiger partial charge in [-0.05, 0) is 30.5 Å². The van der Waals surface area contributed by atoms with Gasteiger partial charge >= 0.3 is 14.6 Å². The van der Waals surface area contributed by atoms with E-state index in [0.717, 1.165) is 0 Å².